The largest absolute Gasteiger partial charge is 0.497 e. The molecule has 5 nitrogen and oxygen atoms in total. The highest BCUT2D eigenvalue weighted by molar-refractivity contribution is 5.81. The van der Waals surface area contributed by atoms with Crippen molar-refractivity contribution in [3.05, 3.63) is 29.8 Å². The molecule has 0 saturated carbocycles. The number of carbonyl (C=O) groups is 2. The molecule has 1 fully saturated rings. The number of aliphatic carboxylic acids is 1. The Bertz CT molecular complexity index is 512. The number of nitrogens with zero attached hydrogens (tertiary/aromatic N) is 1. The molecule has 2 atom stereocenters. The molecule has 21 heavy (non-hydrogen) atoms. The summed E-state index contributed by atoms with van der Waals surface area (Å²) in [5.74, 6) is -0.642. The van der Waals surface area contributed by atoms with Crippen molar-refractivity contribution in [2.75, 3.05) is 13.7 Å². The zero-order chi connectivity index (χ0) is 15.4. The number of likely N-dealkylation sites (tertiary alicyclic amines) is 1. The van der Waals surface area contributed by atoms with Crippen molar-refractivity contribution < 1.29 is 19.4 Å². The van der Waals surface area contributed by atoms with Crippen molar-refractivity contribution in [1.29, 1.82) is 0 Å². The Morgan fingerprint density at radius 1 is 1.38 bits per heavy atom. The van der Waals surface area contributed by atoms with E-state index in [4.69, 9.17) is 4.74 Å². The van der Waals surface area contributed by atoms with Crippen molar-refractivity contribution >= 4 is 11.9 Å². The number of hydrogen-bond donors (Lipinski definition) is 1. The minimum Gasteiger partial charge on any atom is -0.497 e. The second-order valence-electron chi connectivity index (χ2n) is 5.29. The highest BCUT2D eigenvalue weighted by Crippen LogP contribution is 2.37. The maximum Gasteiger partial charge on any atom is 0.308 e. The summed E-state index contributed by atoms with van der Waals surface area (Å²) in [4.78, 5) is 25.4. The maximum absolute atomic E-state index is 12.2. The average Bonchev–Trinajstić information content (AvgIpc) is 2.49. The molecule has 2 unspecified atom stereocenters. The smallest absolute Gasteiger partial charge is 0.308 e. The first-order valence-electron chi connectivity index (χ1n) is 7.24. The quantitative estimate of drug-likeness (QED) is 0.905. The van der Waals surface area contributed by atoms with Gasteiger partial charge in [0.25, 0.3) is 0 Å². The van der Waals surface area contributed by atoms with Crippen molar-refractivity contribution in [1.82, 2.24) is 4.90 Å². The van der Waals surface area contributed by atoms with Gasteiger partial charge in [-0.2, -0.15) is 0 Å². The van der Waals surface area contributed by atoms with Gasteiger partial charge >= 0.3 is 5.97 Å². The van der Waals surface area contributed by atoms with Gasteiger partial charge in [0.05, 0.1) is 19.1 Å². The molecule has 1 aliphatic heterocycles. The molecule has 0 aromatic heterocycles. The van der Waals surface area contributed by atoms with Crippen molar-refractivity contribution in [3.63, 3.8) is 0 Å². The van der Waals surface area contributed by atoms with Crippen LogP contribution in [0.3, 0.4) is 0 Å². The number of rotatable bonds is 5. The lowest BCUT2D eigenvalue weighted by Gasteiger charge is -2.39. The first kappa shape index (κ1) is 15.4. The van der Waals surface area contributed by atoms with E-state index in [1.807, 2.05) is 19.1 Å². The van der Waals surface area contributed by atoms with Gasteiger partial charge in [-0.15, -0.1) is 0 Å². The van der Waals surface area contributed by atoms with Crippen LogP contribution in [-0.4, -0.2) is 35.5 Å². The Balaban J connectivity index is 2.37. The summed E-state index contributed by atoms with van der Waals surface area (Å²) < 4.78 is 5.13. The first-order valence-corrected chi connectivity index (χ1v) is 7.24. The summed E-state index contributed by atoms with van der Waals surface area (Å²) in [6.07, 6.45) is 1.51. The van der Waals surface area contributed by atoms with Crippen LogP contribution in [0.25, 0.3) is 0 Å². The predicted octanol–water partition coefficient (Wildman–Crippen LogP) is 2.47. The summed E-state index contributed by atoms with van der Waals surface area (Å²) in [6.45, 7) is 2.57. The Labute approximate surface area is 124 Å². The molecular weight excluding hydrogens is 270 g/mol. The molecule has 2 rings (SSSR count). The number of piperidine rings is 1. The van der Waals surface area contributed by atoms with Crippen LogP contribution >= 0.6 is 0 Å². The normalized spacial score (nSPS) is 22.2. The van der Waals surface area contributed by atoms with E-state index in [1.165, 1.54) is 0 Å². The van der Waals surface area contributed by atoms with Gasteiger partial charge in [-0.05, 0) is 30.5 Å². The Morgan fingerprint density at radius 2 is 2.05 bits per heavy atom. The molecule has 5 heteroatoms. The molecule has 0 spiro atoms. The summed E-state index contributed by atoms with van der Waals surface area (Å²) in [7, 11) is 1.59. The fourth-order valence-electron chi connectivity index (χ4n) is 2.93. The SMILES string of the molecule is CCCN1C(=O)CCC(C(=O)O)C1c1ccc(OC)cc1. The second kappa shape index (κ2) is 6.61. The van der Waals surface area contributed by atoms with Crippen LogP contribution in [0.2, 0.25) is 0 Å². The van der Waals surface area contributed by atoms with Crippen molar-refractivity contribution in [2.45, 2.75) is 32.2 Å². The van der Waals surface area contributed by atoms with Gasteiger partial charge in [-0.3, -0.25) is 9.59 Å². The molecular formula is C16H21NO4. The third kappa shape index (κ3) is 3.17. The number of carboxylic acids is 1. The summed E-state index contributed by atoms with van der Waals surface area (Å²) in [6, 6.07) is 6.91. The molecule has 1 saturated heterocycles. The standard InChI is InChI=1S/C16H21NO4/c1-3-10-17-14(18)9-8-13(16(19)20)15(17)11-4-6-12(21-2)7-5-11/h4-7,13,15H,3,8-10H2,1-2H3,(H,19,20). The minimum atomic E-state index is -0.843. The van der Waals surface area contributed by atoms with Crippen LogP contribution in [0.1, 0.15) is 37.8 Å². The second-order valence-corrected chi connectivity index (χ2v) is 5.29. The third-order valence-corrected chi connectivity index (χ3v) is 3.95. The maximum atomic E-state index is 12.2. The molecule has 1 aliphatic rings. The molecule has 1 aromatic carbocycles. The molecule has 0 aliphatic carbocycles. The number of benzene rings is 1. The van der Waals surface area contributed by atoms with E-state index in [0.717, 1.165) is 17.7 Å². The molecule has 1 N–H and O–H groups in total. The van der Waals surface area contributed by atoms with E-state index in [-0.39, 0.29) is 5.91 Å². The number of amides is 1. The van der Waals surface area contributed by atoms with Crippen molar-refractivity contribution in [2.24, 2.45) is 5.92 Å². The number of carbonyl (C=O) groups excluding carboxylic acids is 1. The van der Waals surface area contributed by atoms with Gasteiger partial charge in [-0.25, -0.2) is 0 Å². The van der Waals surface area contributed by atoms with Gasteiger partial charge in [-0.1, -0.05) is 19.1 Å². The van der Waals surface area contributed by atoms with E-state index in [2.05, 4.69) is 0 Å². The average molecular weight is 291 g/mol. The summed E-state index contributed by atoms with van der Waals surface area (Å²) in [5.41, 5.74) is 0.852. The highest BCUT2D eigenvalue weighted by Gasteiger charge is 2.40. The summed E-state index contributed by atoms with van der Waals surface area (Å²) >= 11 is 0. The van der Waals surface area contributed by atoms with E-state index < -0.39 is 17.9 Å². The number of ether oxygens (including phenoxy) is 1. The molecule has 1 amide bonds. The topological polar surface area (TPSA) is 66.8 Å². The molecule has 114 valence electrons. The zero-order valence-corrected chi connectivity index (χ0v) is 12.4. The Hall–Kier alpha value is -2.04. The highest BCUT2D eigenvalue weighted by atomic mass is 16.5. The van der Waals surface area contributed by atoms with E-state index in [1.54, 1.807) is 24.1 Å². The van der Waals surface area contributed by atoms with Crippen LogP contribution in [0.4, 0.5) is 0 Å². The summed E-state index contributed by atoms with van der Waals surface area (Å²) in [5, 5.41) is 9.48. The van der Waals surface area contributed by atoms with Crippen LogP contribution in [0, 0.1) is 5.92 Å². The van der Waals surface area contributed by atoms with Gasteiger partial charge in [0, 0.05) is 13.0 Å². The lowest BCUT2D eigenvalue weighted by molar-refractivity contribution is -0.152. The number of carboxylic acid groups (broad SMARTS) is 1. The van der Waals surface area contributed by atoms with Crippen LogP contribution in [-0.2, 0) is 9.59 Å². The fourth-order valence-corrected chi connectivity index (χ4v) is 2.93. The van der Waals surface area contributed by atoms with Gasteiger partial charge in [0.1, 0.15) is 5.75 Å². The monoisotopic (exact) mass is 291 g/mol. The fraction of sp³-hybridized carbons (Fsp3) is 0.500. The molecule has 1 aromatic rings. The lowest BCUT2D eigenvalue weighted by atomic mass is 9.84. The van der Waals surface area contributed by atoms with Crippen LogP contribution < -0.4 is 4.74 Å². The van der Waals surface area contributed by atoms with Gasteiger partial charge < -0.3 is 14.7 Å². The number of methoxy groups -OCH3 is 1. The van der Waals surface area contributed by atoms with E-state index >= 15 is 0 Å². The van der Waals surface area contributed by atoms with Gasteiger partial charge in [0.15, 0.2) is 0 Å². The predicted molar refractivity (Wildman–Crippen MR) is 78.1 cm³/mol. The van der Waals surface area contributed by atoms with Crippen LogP contribution in [0.15, 0.2) is 24.3 Å². The Morgan fingerprint density at radius 3 is 2.57 bits per heavy atom. The van der Waals surface area contributed by atoms with Gasteiger partial charge in [0.2, 0.25) is 5.91 Å². The molecule has 0 radical (unpaired) electrons. The molecule has 1 heterocycles. The van der Waals surface area contributed by atoms with E-state index in [0.29, 0.717) is 19.4 Å². The lowest BCUT2D eigenvalue weighted by Crippen LogP contribution is -2.45. The van der Waals surface area contributed by atoms with Crippen molar-refractivity contribution in [3.8, 4) is 5.75 Å². The molecule has 0 bridgehead atoms. The van der Waals surface area contributed by atoms with Crippen LogP contribution in [0.5, 0.6) is 5.75 Å². The first-order chi connectivity index (χ1) is 10.1. The zero-order valence-electron chi connectivity index (χ0n) is 12.4. The minimum absolute atomic E-state index is 0.0372. The van der Waals surface area contributed by atoms with E-state index in [9.17, 15) is 14.7 Å². The third-order valence-electron chi connectivity index (χ3n) is 3.95. The Kier molecular flexibility index (Phi) is 4.83. The number of hydrogen-bond acceptors (Lipinski definition) is 3.